The van der Waals surface area contributed by atoms with Gasteiger partial charge in [0.15, 0.2) is 11.7 Å². The average molecular weight is 345 g/mol. The van der Waals surface area contributed by atoms with Gasteiger partial charge in [-0.2, -0.15) is 17.0 Å². The standard InChI is InChI=1S/C17H19N3O3S/c1-12(21)19-11-13-2-4-14(5-3-13)16(22)15(10-18)17(23)20-6-8-24-9-7-20/h2-5,15H,6-9,11H2,1H3,(H,19,21)/t15-/m1/s1. The van der Waals surface area contributed by atoms with Crippen molar-refractivity contribution in [2.24, 2.45) is 5.92 Å². The van der Waals surface area contributed by atoms with Crippen LogP contribution in [0, 0.1) is 17.2 Å². The molecule has 0 saturated carbocycles. The SMILES string of the molecule is CC(=O)NCc1ccc(C(=O)[C@@H](C#N)C(=O)N2CCSCC2)cc1. The van der Waals surface area contributed by atoms with Gasteiger partial charge in [-0.15, -0.1) is 0 Å². The molecule has 1 aromatic carbocycles. The van der Waals surface area contributed by atoms with Gasteiger partial charge < -0.3 is 10.2 Å². The molecule has 1 N–H and O–H groups in total. The first-order valence-corrected chi connectivity index (χ1v) is 8.82. The molecule has 24 heavy (non-hydrogen) atoms. The second-order valence-corrected chi connectivity index (χ2v) is 6.70. The van der Waals surface area contributed by atoms with E-state index in [1.165, 1.54) is 6.92 Å². The molecule has 1 aliphatic heterocycles. The second kappa shape index (κ2) is 8.50. The second-order valence-electron chi connectivity index (χ2n) is 5.47. The highest BCUT2D eigenvalue weighted by atomic mass is 32.2. The van der Waals surface area contributed by atoms with E-state index in [2.05, 4.69) is 5.32 Å². The Kier molecular flexibility index (Phi) is 6.38. The first-order chi connectivity index (χ1) is 11.5. The van der Waals surface area contributed by atoms with Crippen molar-refractivity contribution in [3.8, 4) is 6.07 Å². The van der Waals surface area contributed by atoms with Crippen molar-refractivity contribution < 1.29 is 14.4 Å². The zero-order valence-electron chi connectivity index (χ0n) is 13.4. The maximum Gasteiger partial charge on any atom is 0.248 e. The van der Waals surface area contributed by atoms with E-state index in [0.29, 0.717) is 25.2 Å². The number of nitrogens with zero attached hydrogens (tertiary/aromatic N) is 2. The van der Waals surface area contributed by atoms with Crippen molar-refractivity contribution >= 4 is 29.4 Å². The first-order valence-electron chi connectivity index (χ1n) is 7.66. The van der Waals surface area contributed by atoms with Crippen molar-refractivity contribution in [2.75, 3.05) is 24.6 Å². The number of nitriles is 1. The molecule has 2 rings (SSSR count). The highest BCUT2D eigenvalue weighted by Crippen LogP contribution is 2.16. The number of hydrogen-bond donors (Lipinski definition) is 1. The zero-order chi connectivity index (χ0) is 17.5. The molecule has 0 radical (unpaired) electrons. The van der Waals surface area contributed by atoms with E-state index in [-0.39, 0.29) is 5.91 Å². The molecule has 0 aliphatic carbocycles. The lowest BCUT2D eigenvalue weighted by Crippen LogP contribution is -2.43. The number of thioether (sulfide) groups is 1. The fourth-order valence-electron chi connectivity index (χ4n) is 2.37. The van der Waals surface area contributed by atoms with Crippen LogP contribution in [-0.2, 0) is 16.1 Å². The van der Waals surface area contributed by atoms with Crippen molar-refractivity contribution in [1.82, 2.24) is 10.2 Å². The van der Waals surface area contributed by atoms with Gasteiger partial charge in [-0.05, 0) is 5.56 Å². The molecule has 0 spiro atoms. The van der Waals surface area contributed by atoms with Crippen LogP contribution in [0.15, 0.2) is 24.3 Å². The predicted octanol–water partition coefficient (Wildman–Crippen LogP) is 1.22. The molecule has 0 bridgehead atoms. The Morgan fingerprint density at radius 2 is 1.88 bits per heavy atom. The van der Waals surface area contributed by atoms with Crippen molar-refractivity contribution in [3.05, 3.63) is 35.4 Å². The Bertz CT molecular complexity index is 661. The van der Waals surface area contributed by atoms with Crippen LogP contribution in [-0.4, -0.2) is 47.1 Å². The quantitative estimate of drug-likeness (QED) is 0.640. The lowest BCUT2D eigenvalue weighted by molar-refractivity contribution is -0.132. The highest BCUT2D eigenvalue weighted by molar-refractivity contribution is 7.99. The highest BCUT2D eigenvalue weighted by Gasteiger charge is 2.32. The molecule has 0 unspecified atom stereocenters. The van der Waals surface area contributed by atoms with Gasteiger partial charge in [0.1, 0.15) is 0 Å². The van der Waals surface area contributed by atoms with E-state index in [4.69, 9.17) is 0 Å². The Morgan fingerprint density at radius 1 is 1.25 bits per heavy atom. The summed E-state index contributed by atoms with van der Waals surface area (Å²) in [5.41, 5.74) is 1.17. The van der Waals surface area contributed by atoms with Crippen LogP contribution in [0.1, 0.15) is 22.8 Å². The Balaban J connectivity index is 2.06. The smallest absolute Gasteiger partial charge is 0.248 e. The topological polar surface area (TPSA) is 90.3 Å². The summed E-state index contributed by atoms with van der Waals surface area (Å²) in [4.78, 5) is 37.4. The lowest BCUT2D eigenvalue weighted by atomic mass is 9.96. The van der Waals surface area contributed by atoms with E-state index in [1.807, 2.05) is 6.07 Å². The molecule has 2 amide bonds. The number of hydrogen-bond acceptors (Lipinski definition) is 5. The Labute approximate surface area is 145 Å². The van der Waals surface area contributed by atoms with Gasteiger partial charge in [-0.1, -0.05) is 24.3 Å². The van der Waals surface area contributed by atoms with E-state index >= 15 is 0 Å². The zero-order valence-corrected chi connectivity index (χ0v) is 14.3. The molecular weight excluding hydrogens is 326 g/mol. The summed E-state index contributed by atoms with van der Waals surface area (Å²) in [6, 6.07) is 8.44. The number of ketones is 1. The number of nitrogens with one attached hydrogen (secondary N) is 1. The number of amides is 2. The number of rotatable bonds is 5. The Morgan fingerprint density at radius 3 is 2.42 bits per heavy atom. The predicted molar refractivity (Wildman–Crippen MR) is 91.3 cm³/mol. The third-order valence-electron chi connectivity index (χ3n) is 3.74. The molecule has 126 valence electrons. The van der Waals surface area contributed by atoms with Crippen molar-refractivity contribution in [1.29, 1.82) is 5.26 Å². The third kappa shape index (κ3) is 4.59. The molecule has 1 atom stereocenters. The fraction of sp³-hybridized carbons (Fsp3) is 0.412. The maximum atomic E-state index is 12.5. The molecular formula is C17H19N3O3S. The van der Waals surface area contributed by atoms with Crippen LogP contribution in [0.2, 0.25) is 0 Å². The molecule has 6 nitrogen and oxygen atoms in total. The molecule has 1 saturated heterocycles. The van der Waals surface area contributed by atoms with Crippen LogP contribution < -0.4 is 5.32 Å². The van der Waals surface area contributed by atoms with Gasteiger partial charge in [-0.3, -0.25) is 14.4 Å². The minimum Gasteiger partial charge on any atom is -0.352 e. The van der Waals surface area contributed by atoms with Crippen LogP contribution >= 0.6 is 11.8 Å². The number of Topliss-reactive ketones (excluding diaryl/α,β-unsaturated/α-hetero) is 1. The summed E-state index contributed by atoms with van der Waals surface area (Å²) in [7, 11) is 0. The van der Waals surface area contributed by atoms with Crippen molar-refractivity contribution in [3.63, 3.8) is 0 Å². The maximum absolute atomic E-state index is 12.5. The van der Waals surface area contributed by atoms with E-state index < -0.39 is 17.6 Å². The third-order valence-corrected chi connectivity index (χ3v) is 4.68. The van der Waals surface area contributed by atoms with E-state index in [0.717, 1.165) is 17.1 Å². The molecule has 1 aliphatic rings. The average Bonchev–Trinajstić information content (AvgIpc) is 2.61. The fourth-order valence-corrected chi connectivity index (χ4v) is 3.28. The summed E-state index contributed by atoms with van der Waals surface area (Å²) >= 11 is 1.76. The summed E-state index contributed by atoms with van der Waals surface area (Å²) < 4.78 is 0. The summed E-state index contributed by atoms with van der Waals surface area (Å²) in [5, 5.41) is 12.0. The summed E-state index contributed by atoms with van der Waals surface area (Å²) in [5.74, 6) is -0.664. The van der Waals surface area contributed by atoms with Crippen molar-refractivity contribution in [2.45, 2.75) is 13.5 Å². The largest absolute Gasteiger partial charge is 0.352 e. The van der Waals surface area contributed by atoms with Gasteiger partial charge in [0.25, 0.3) is 0 Å². The van der Waals surface area contributed by atoms with Gasteiger partial charge in [0.2, 0.25) is 11.8 Å². The van der Waals surface area contributed by atoms with Crippen LogP contribution in [0.3, 0.4) is 0 Å². The molecule has 0 aromatic heterocycles. The lowest BCUT2D eigenvalue weighted by Gasteiger charge is -2.27. The number of benzene rings is 1. The molecule has 1 fully saturated rings. The van der Waals surface area contributed by atoms with Gasteiger partial charge in [0, 0.05) is 43.6 Å². The normalized spacial score (nSPS) is 15.2. The monoisotopic (exact) mass is 345 g/mol. The number of carbonyl (C=O) groups is 3. The molecule has 1 heterocycles. The summed E-state index contributed by atoms with van der Waals surface area (Å²) in [6.07, 6.45) is 0. The van der Waals surface area contributed by atoms with Gasteiger partial charge >= 0.3 is 0 Å². The van der Waals surface area contributed by atoms with E-state index in [1.54, 1.807) is 40.9 Å². The molecule has 1 aromatic rings. The molecule has 7 heteroatoms. The minimum atomic E-state index is -1.30. The van der Waals surface area contributed by atoms with Gasteiger partial charge in [0.05, 0.1) is 6.07 Å². The summed E-state index contributed by atoms with van der Waals surface area (Å²) in [6.45, 7) is 2.95. The Hall–Kier alpha value is -2.33. The first kappa shape index (κ1) is 18.0. The van der Waals surface area contributed by atoms with Crippen LogP contribution in [0.25, 0.3) is 0 Å². The minimum absolute atomic E-state index is 0.134. The van der Waals surface area contributed by atoms with Crippen LogP contribution in [0.4, 0.5) is 0 Å². The van der Waals surface area contributed by atoms with Crippen LogP contribution in [0.5, 0.6) is 0 Å². The van der Waals surface area contributed by atoms with E-state index in [9.17, 15) is 19.6 Å². The van der Waals surface area contributed by atoms with Gasteiger partial charge in [-0.25, -0.2) is 0 Å². The number of carbonyl (C=O) groups excluding carboxylic acids is 3.